The van der Waals surface area contributed by atoms with Crippen LogP contribution in [0.25, 0.3) is 0 Å². The first-order chi connectivity index (χ1) is 8.61. The summed E-state index contributed by atoms with van der Waals surface area (Å²) in [6.45, 7) is 0. The Bertz CT molecular complexity index is 407. The molecule has 1 aromatic rings. The second-order valence-corrected chi connectivity index (χ2v) is 5.46. The Morgan fingerprint density at radius 3 is 2.61 bits per heavy atom. The maximum absolute atomic E-state index is 13.9. The summed E-state index contributed by atoms with van der Waals surface area (Å²) < 4.78 is 13.9. The molecule has 0 aliphatic heterocycles. The lowest BCUT2D eigenvalue weighted by Crippen LogP contribution is -2.34. The fraction of sp³-hybridized carbons (Fsp3) is 0.571. The van der Waals surface area contributed by atoms with Gasteiger partial charge in [-0.2, -0.15) is 0 Å². The Balaban J connectivity index is 2.14. The van der Waals surface area contributed by atoms with E-state index in [2.05, 4.69) is 0 Å². The SMILES string of the molecule is N[C@H](c1cccc(Cl)c1F)[C@@H](O)C1CCCCC1. The second kappa shape index (κ2) is 6.00. The number of hydrogen-bond acceptors (Lipinski definition) is 2. The van der Waals surface area contributed by atoms with E-state index >= 15 is 0 Å². The summed E-state index contributed by atoms with van der Waals surface area (Å²) in [6, 6.07) is 4.04. The van der Waals surface area contributed by atoms with Gasteiger partial charge in [-0.15, -0.1) is 0 Å². The molecule has 2 rings (SSSR count). The van der Waals surface area contributed by atoms with Gasteiger partial charge in [0.15, 0.2) is 0 Å². The van der Waals surface area contributed by atoms with Crippen LogP contribution in [0.5, 0.6) is 0 Å². The number of halogens is 2. The van der Waals surface area contributed by atoms with Crippen molar-refractivity contribution in [2.75, 3.05) is 0 Å². The van der Waals surface area contributed by atoms with Crippen LogP contribution in [0.3, 0.4) is 0 Å². The van der Waals surface area contributed by atoms with E-state index < -0.39 is 18.0 Å². The summed E-state index contributed by atoms with van der Waals surface area (Å²) in [5, 5.41) is 10.3. The van der Waals surface area contributed by atoms with Gasteiger partial charge in [0.05, 0.1) is 17.2 Å². The molecule has 2 atom stereocenters. The van der Waals surface area contributed by atoms with Crippen molar-refractivity contribution >= 4 is 11.6 Å². The lowest BCUT2D eigenvalue weighted by molar-refractivity contribution is 0.0608. The molecular formula is C14H19ClFNO. The quantitative estimate of drug-likeness (QED) is 0.885. The predicted molar refractivity (Wildman–Crippen MR) is 70.9 cm³/mol. The number of nitrogens with two attached hydrogens (primary N) is 1. The minimum absolute atomic E-state index is 0.0544. The lowest BCUT2D eigenvalue weighted by Gasteiger charge is -2.30. The third-order valence-corrected chi connectivity index (χ3v) is 4.13. The molecule has 0 radical (unpaired) electrons. The van der Waals surface area contributed by atoms with E-state index in [9.17, 15) is 9.50 Å². The molecule has 0 heterocycles. The molecule has 18 heavy (non-hydrogen) atoms. The van der Waals surface area contributed by atoms with Gasteiger partial charge in [0.1, 0.15) is 5.82 Å². The van der Waals surface area contributed by atoms with Crippen molar-refractivity contribution in [3.05, 3.63) is 34.6 Å². The molecule has 4 heteroatoms. The molecule has 3 N–H and O–H groups in total. The highest BCUT2D eigenvalue weighted by Crippen LogP contribution is 2.33. The Morgan fingerprint density at radius 1 is 1.28 bits per heavy atom. The third kappa shape index (κ3) is 2.85. The molecule has 1 aliphatic carbocycles. The van der Waals surface area contributed by atoms with E-state index in [1.807, 2.05) is 0 Å². The van der Waals surface area contributed by atoms with Gasteiger partial charge >= 0.3 is 0 Å². The summed E-state index contributed by atoms with van der Waals surface area (Å²) in [7, 11) is 0. The van der Waals surface area contributed by atoms with Gasteiger partial charge in [0.25, 0.3) is 0 Å². The zero-order valence-electron chi connectivity index (χ0n) is 10.3. The smallest absolute Gasteiger partial charge is 0.146 e. The van der Waals surface area contributed by atoms with Gasteiger partial charge in [0.2, 0.25) is 0 Å². The van der Waals surface area contributed by atoms with E-state index in [-0.39, 0.29) is 10.9 Å². The molecule has 1 fully saturated rings. The zero-order chi connectivity index (χ0) is 13.1. The van der Waals surface area contributed by atoms with Crippen molar-refractivity contribution in [2.45, 2.75) is 44.2 Å². The molecule has 0 aromatic heterocycles. The maximum atomic E-state index is 13.9. The van der Waals surface area contributed by atoms with Crippen LogP contribution >= 0.6 is 11.6 Å². The summed E-state index contributed by atoms with van der Waals surface area (Å²) in [5.74, 6) is -0.339. The van der Waals surface area contributed by atoms with Crippen LogP contribution < -0.4 is 5.73 Å². The number of aliphatic hydroxyl groups is 1. The molecule has 100 valence electrons. The monoisotopic (exact) mass is 271 g/mol. The van der Waals surface area contributed by atoms with Crippen molar-refractivity contribution in [1.29, 1.82) is 0 Å². The third-order valence-electron chi connectivity index (χ3n) is 3.84. The Morgan fingerprint density at radius 2 is 1.94 bits per heavy atom. The molecule has 0 unspecified atom stereocenters. The second-order valence-electron chi connectivity index (χ2n) is 5.06. The molecule has 1 aromatic carbocycles. The Labute approximate surface area is 112 Å². The van der Waals surface area contributed by atoms with E-state index in [0.717, 1.165) is 25.7 Å². The van der Waals surface area contributed by atoms with Crippen LogP contribution in [0.2, 0.25) is 5.02 Å². The van der Waals surface area contributed by atoms with Gasteiger partial charge < -0.3 is 10.8 Å². The highest BCUT2D eigenvalue weighted by molar-refractivity contribution is 6.30. The number of hydrogen-bond donors (Lipinski definition) is 2. The van der Waals surface area contributed by atoms with Gasteiger partial charge in [-0.3, -0.25) is 0 Å². The first-order valence-electron chi connectivity index (χ1n) is 6.49. The van der Waals surface area contributed by atoms with E-state index in [1.54, 1.807) is 12.1 Å². The average Bonchev–Trinajstić information content (AvgIpc) is 2.41. The zero-order valence-corrected chi connectivity index (χ0v) is 11.0. The molecule has 0 amide bonds. The summed E-state index contributed by atoms with van der Waals surface area (Å²) in [6.07, 6.45) is 4.69. The normalized spacial score (nSPS) is 20.7. The van der Waals surface area contributed by atoms with Crippen molar-refractivity contribution in [3.63, 3.8) is 0 Å². The van der Waals surface area contributed by atoms with Gasteiger partial charge in [-0.25, -0.2) is 4.39 Å². The average molecular weight is 272 g/mol. The molecule has 1 aliphatic rings. The summed E-state index contributed by atoms with van der Waals surface area (Å²) in [5.41, 5.74) is 6.30. The fourth-order valence-corrected chi connectivity index (χ4v) is 2.91. The van der Waals surface area contributed by atoms with Crippen LogP contribution in [-0.2, 0) is 0 Å². The van der Waals surface area contributed by atoms with Crippen molar-refractivity contribution in [1.82, 2.24) is 0 Å². The fourth-order valence-electron chi connectivity index (χ4n) is 2.73. The molecule has 1 saturated carbocycles. The van der Waals surface area contributed by atoms with Gasteiger partial charge in [-0.1, -0.05) is 43.0 Å². The standard InChI is InChI=1S/C14H19ClFNO/c15-11-8-4-7-10(12(11)16)13(17)14(18)9-5-2-1-3-6-9/h4,7-9,13-14,18H,1-3,5-6,17H2/t13-,14+/m1/s1. The van der Waals surface area contributed by atoms with Gasteiger partial charge in [-0.05, 0) is 24.8 Å². The van der Waals surface area contributed by atoms with Crippen molar-refractivity contribution in [3.8, 4) is 0 Å². The van der Waals surface area contributed by atoms with Crippen LogP contribution in [0.15, 0.2) is 18.2 Å². The van der Waals surface area contributed by atoms with Crippen LogP contribution in [0, 0.1) is 11.7 Å². The minimum atomic E-state index is -0.702. The number of rotatable bonds is 3. The number of aliphatic hydroxyl groups excluding tert-OH is 1. The van der Waals surface area contributed by atoms with E-state index in [0.29, 0.717) is 5.56 Å². The predicted octanol–water partition coefficient (Wildman–Crippen LogP) is 3.42. The summed E-state index contributed by atoms with van der Waals surface area (Å²) in [4.78, 5) is 0. The Hall–Kier alpha value is -0.640. The molecule has 0 saturated heterocycles. The topological polar surface area (TPSA) is 46.2 Å². The lowest BCUT2D eigenvalue weighted by atomic mass is 9.81. The minimum Gasteiger partial charge on any atom is -0.391 e. The first-order valence-corrected chi connectivity index (χ1v) is 6.86. The summed E-state index contributed by atoms with van der Waals surface area (Å²) >= 11 is 5.74. The number of benzene rings is 1. The van der Waals surface area contributed by atoms with Crippen LogP contribution in [0.1, 0.15) is 43.7 Å². The first kappa shape index (κ1) is 13.8. The van der Waals surface area contributed by atoms with E-state index in [4.69, 9.17) is 17.3 Å². The maximum Gasteiger partial charge on any atom is 0.146 e. The van der Waals surface area contributed by atoms with Crippen LogP contribution in [-0.4, -0.2) is 11.2 Å². The molecule has 0 bridgehead atoms. The molecule has 2 nitrogen and oxygen atoms in total. The van der Waals surface area contributed by atoms with Crippen molar-refractivity contribution in [2.24, 2.45) is 11.7 Å². The molecule has 0 spiro atoms. The molecular weight excluding hydrogens is 253 g/mol. The van der Waals surface area contributed by atoms with Gasteiger partial charge in [0, 0.05) is 5.56 Å². The highest BCUT2D eigenvalue weighted by Gasteiger charge is 2.29. The largest absolute Gasteiger partial charge is 0.391 e. The highest BCUT2D eigenvalue weighted by atomic mass is 35.5. The Kier molecular flexibility index (Phi) is 4.60. The van der Waals surface area contributed by atoms with E-state index in [1.165, 1.54) is 12.5 Å². The van der Waals surface area contributed by atoms with Crippen molar-refractivity contribution < 1.29 is 9.50 Å². The van der Waals surface area contributed by atoms with Crippen LogP contribution in [0.4, 0.5) is 4.39 Å².